The zero-order valence-electron chi connectivity index (χ0n) is 15.8. The molecule has 0 spiro atoms. The van der Waals surface area contributed by atoms with Gasteiger partial charge >= 0.3 is 0 Å². The predicted molar refractivity (Wildman–Crippen MR) is 109 cm³/mol. The molecule has 0 aliphatic heterocycles. The summed E-state index contributed by atoms with van der Waals surface area (Å²) in [5.41, 5.74) is 3.01. The summed E-state index contributed by atoms with van der Waals surface area (Å²) in [6, 6.07) is 12.4. The molecule has 0 N–H and O–H groups in total. The molecule has 0 unspecified atom stereocenters. The Morgan fingerprint density at radius 1 is 1.18 bits per heavy atom. The molecule has 5 nitrogen and oxygen atoms in total. The van der Waals surface area contributed by atoms with Crippen molar-refractivity contribution in [2.45, 2.75) is 27.0 Å². The van der Waals surface area contributed by atoms with Crippen LogP contribution < -0.4 is 4.74 Å². The van der Waals surface area contributed by atoms with E-state index in [1.807, 2.05) is 32.0 Å². The summed E-state index contributed by atoms with van der Waals surface area (Å²) in [5.74, 6) is 1.18. The van der Waals surface area contributed by atoms with Crippen molar-refractivity contribution in [2.75, 3.05) is 7.05 Å². The second kappa shape index (κ2) is 8.67. The highest BCUT2D eigenvalue weighted by Gasteiger charge is 2.16. The Labute approximate surface area is 173 Å². The van der Waals surface area contributed by atoms with Crippen LogP contribution in [0, 0.1) is 13.8 Å². The predicted octanol–water partition coefficient (Wildman–Crippen LogP) is 5.45. The SMILES string of the molecule is Cc1noc(C)c1COc1cccc(C(=O)N(C)Cc2cccc(Cl)c2Cl)c1. The van der Waals surface area contributed by atoms with Gasteiger partial charge in [0.25, 0.3) is 5.91 Å². The summed E-state index contributed by atoms with van der Waals surface area (Å²) >= 11 is 12.3. The van der Waals surface area contributed by atoms with E-state index < -0.39 is 0 Å². The normalized spacial score (nSPS) is 10.8. The molecule has 3 aromatic rings. The fourth-order valence-electron chi connectivity index (χ4n) is 2.80. The maximum absolute atomic E-state index is 12.8. The lowest BCUT2D eigenvalue weighted by Crippen LogP contribution is -2.26. The first kappa shape index (κ1) is 20.2. The van der Waals surface area contributed by atoms with Crippen molar-refractivity contribution in [2.24, 2.45) is 0 Å². The minimum atomic E-state index is -0.140. The number of hydrogen-bond acceptors (Lipinski definition) is 4. The van der Waals surface area contributed by atoms with Crippen LogP contribution in [0.3, 0.4) is 0 Å². The monoisotopic (exact) mass is 418 g/mol. The van der Waals surface area contributed by atoms with E-state index in [1.165, 1.54) is 0 Å². The number of carbonyl (C=O) groups excluding carboxylic acids is 1. The Morgan fingerprint density at radius 2 is 1.93 bits per heavy atom. The van der Waals surface area contributed by atoms with Crippen LogP contribution in [-0.4, -0.2) is 23.0 Å². The molecule has 1 aromatic heterocycles. The number of halogens is 2. The van der Waals surface area contributed by atoms with Crippen LogP contribution in [0.25, 0.3) is 0 Å². The number of hydrogen-bond donors (Lipinski definition) is 0. The summed E-state index contributed by atoms with van der Waals surface area (Å²) in [4.78, 5) is 14.4. The molecule has 0 saturated heterocycles. The van der Waals surface area contributed by atoms with Crippen LogP contribution in [0.2, 0.25) is 10.0 Å². The van der Waals surface area contributed by atoms with E-state index in [4.69, 9.17) is 32.5 Å². The van der Waals surface area contributed by atoms with Crippen molar-refractivity contribution in [3.63, 3.8) is 0 Å². The molecular formula is C21H20Cl2N2O3. The van der Waals surface area contributed by atoms with Crippen LogP contribution >= 0.6 is 23.2 Å². The highest BCUT2D eigenvalue weighted by atomic mass is 35.5. The third-order valence-corrected chi connectivity index (χ3v) is 5.29. The highest BCUT2D eigenvalue weighted by Crippen LogP contribution is 2.27. The van der Waals surface area contributed by atoms with Gasteiger partial charge in [0.2, 0.25) is 0 Å². The lowest BCUT2D eigenvalue weighted by molar-refractivity contribution is 0.0784. The summed E-state index contributed by atoms with van der Waals surface area (Å²) in [5, 5.41) is 4.84. The molecule has 1 heterocycles. The molecular weight excluding hydrogens is 399 g/mol. The Balaban J connectivity index is 1.70. The van der Waals surface area contributed by atoms with Crippen molar-refractivity contribution in [3.8, 4) is 5.75 Å². The molecule has 1 amide bonds. The summed E-state index contributed by atoms with van der Waals surface area (Å²) < 4.78 is 11.0. The Morgan fingerprint density at radius 3 is 2.64 bits per heavy atom. The molecule has 0 bridgehead atoms. The summed E-state index contributed by atoms with van der Waals surface area (Å²) in [6.45, 7) is 4.38. The molecule has 0 atom stereocenters. The molecule has 28 heavy (non-hydrogen) atoms. The summed E-state index contributed by atoms with van der Waals surface area (Å²) in [7, 11) is 1.72. The van der Waals surface area contributed by atoms with E-state index in [1.54, 1.807) is 36.2 Å². The number of carbonyl (C=O) groups is 1. The van der Waals surface area contributed by atoms with Gasteiger partial charge in [-0.05, 0) is 43.7 Å². The minimum absolute atomic E-state index is 0.140. The molecule has 0 radical (unpaired) electrons. The Bertz CT molecular complexity index is 982. The fourth-order valence-corrected chi connectivity index (χ4v) is 3.18. The van der Waals surface area contributed by atoms with Gasteiger partial charge in [-0.15, -0.1) is 0 Å². The van der Waals surface area contributed by atoms with Crippen molar-refractivity contribution < 1.29 is 14.1 Å². The van der Waals surface area contributed by atoms with E-state index >= 15 is 0 Å². The van der Waals surface area contributed by atoms with Crippen LogP contribution in [0.1, 0.15) is 32.9 Å². The molecule has 146 valence electrons. The number of aryl methyl sites for hydroxylation is 2. The van der Waals surface area contributed by atoms with E-state index in [0.29, 0.717) is 34.5 Å². The number of nitrogens with zero attached hydrogens (tertiary/aromatic N) is 2. The third kappa shape index (κ3) is 4.49. The first-order chi connectivity index (χ1) is 13.4. The molecule has 3 rings (SSSR count). The van der Waals surface area contributed by atoms with E-state index in [-0.39, 0.29) is 5.91 Å². The quantitative estimate of drug-likeness (QED) is 0.533. The van der Waals surface area contributed by atoms with Gasteiger partial charge in [-0.1, -0.05) is 46.6 Å². The van der Waals surface area contributed by atoms with E-state index in [9.17, 15) is 4.79 Å². The number of ether oxygens (including phenoxy) is 1. The largest absolute Gasteiger partial charge is 0.489 e. The zero-order valence-corrected chi connectivity index (χ0v) is 17.3. The molecule has 0 aliphatic carbocycles. The average Bonchev–Trinajstić information content (AvgIpc) is 3.01. The number of benzene rings is 2. The van der Waals surface area contributed by atoms with Crippen LogP contribution in [0.5, 0.6) is 5.75 Å². The molecule has 0 fully saturated rings. The van der Waals surface area contributed by atoms with Crippen molar-refractivity contribution in [1.29, 1.82) is 0 Å². The van der Waals surface area contributed by atoms with Crippen molar-refractivity contribution >= 4 is 29.1 Å². The van der Waals surface area contributed by atoms with Gasteiger partial charge < -0.3 is 14.2 Å². The third-order valence-electron chi connectivity index (χ3n) is 4.43. The molecule has 7 heteroatoms. The molecule has 2 aromatic carbocycles. The summed E-state index contributed by atoms with van der Waals surface area (Å²) in [6.07, 6.45) is 0. The molecule has 0 saturated carbocycles. The first-order valence-corrected chi connectivity index (χ1v) is 9.45. The van der Waals surface area contributed by atoms with Crippen LogP contribution in [0.4, 0.5) is 0 Å². The van der Waals surface area contributed by atoms with Crippen molar-refractivity contribution in [3.05, 3.63) is 80.7 Å². The number of aromatic nitrogens is 1. The van der Waals surface area contributed by atoms with Crippen molar-refractivity contribution in [1.82, 2.24) is 10.1 Å². The second-order valence-electron chi connectivity index (χ2n) is 6.49. The zero-order chi connectivity index (χ0) is 20.3. The van der Waals surface area contributed by atoms with Crippen LogP contribution in [-0.2, 0) is 13.2 Å². The number of rotatable bonds is 6. The second-order valence-corrected chi connectivity index (χ2v) is 7.28. The van der Waals surface area contributed by atoms with Gasteiger partial charge in [0.15, 0.2) is 0 Å². The average molecular weight is 419 g/mol. The lowest BCUT2D eigenvalue weighted by Gasteiger charge is -2.19. The van der Waals surface area contributed by atoms with E-state index in [0.717, 1.165) is 22.6 Å². The topological polar surface area (TPSA) is 55.6 Å². The van der Waals surface area contributed by atoms with Crippen LogP contribution in [0.15, 0.2) is 47.0 Å². The molecule has 0 aliphatic rings. The standard InChI is InChI=1S/C21H20Cl2N2O3/c1-13-18(14(2)28-24-13)12-27-17-8-4-6-15(10-17)21(26)25(3)11-16-7-5-9-19(22)20(16)23/h4-10H,11-12H2,1-3H3. The van der Waals surface area contributed by atoms with Gasteiger partial charge in [0.05, 0.1) is 21.3 Å². The minimum Gasteiger partial charge on any atom is -0.489 e. The smallest absolute Gasteiger partial charge is 0.254 e. The van der Waals surface area contributed by atoms with Gasteiger partial charge in [0, 0.05) is 19.2 Å². The van der Waals surface area contributed by atoms with Gasteiger partial charge in [-0.25, -0.2) is 0 Å². The fraction of sp³-hybridized carbons (Fsp3) is 0.238. The Kier molecular flexibility index (Phi) is 6.27. The number of amides is 1. The maximum Gasteiger partial charge on any atom is 0.254 e. The van der Waals surface area contributed by atoms with Gasteiger partial charge in [-0.3, -0.25) is 4.79 Å². The highest BCUT2D eigenvalue weighted by molar-refractivity contribution is 6.42. The van der Waals surface area contributed by atoms with Gasteiger partial charge in [0.1, 0.15) is 18.1 Å². The Hall–Kier alpha value is -2.50. The van der Waals surface area contributed by atoms with Gasteiger partial charge in [-0.2, -0.15) is 0 Å². The lowest BCUT2D eigenvalue weighted by atomic mass is 10.1. The first-order valence-electron chi connectivity index (χ1n) is 8.69. The van der Waals surface area contributed by atoms with E-state index in [2.05, 4.69) is 5.16 Å². The maximum atomic E-state index is 12.8.